The van der Waals surface area contributed by atoms with Crippen LogP contribution in [-0.2, 0) is 15.9 Å². The number of halogens is 2. The Morgan fingerprint density at radius 1 is 1.50 bits per heavy atom. The molecule has 18 heavy (non-hydrogen) atoms. The lowest BCUT2D eigenvalue weighted by Gasteiger charge is -2.17. The zero-order valence-electron chi connectivity index (χ0n) is 10.1. The molecule has 0 aromatic heterocycles. The predicted octanol–water partition coefficient (Wildman–Crippen LogP) is 3.22. The van der Waals surface area contributed by atoms with Gasteiger partial charge in [-0.05, 0) is 46.0 Å². The van der Waals surface area contributed by atoms with E-state index in [1.807, 2.05) is 6.07 Å². The van der Waals surface area contributed by atoms with E-state index in [1.165, 1.54) is 0 Å². The first-order chi connectivity index (χ1) is 8.45. The van der Waals surface area contributed by atoms with Crippen LogP contribution >= 0.6 is 27.5 Å². The van der Waals surface area contributed by atoms with Gasteiger partial charge in [0, 0.05) is 23.4 Å². The van der Waals surface area contributed by atoms with Crippen LogP contribution in [-0.4, -0.2) is 25.8 Å². The number of rotatable bonds is 3. The van der Waals surface area contributed by atoms with E-state index in [0.29, 0.717) is 34.3 Å². The molecule has 1 atom stereocenters. The summed E-state index contributed by atoms with van der Waals surface area (Å²) in [5.41, 5.74) is 0.811. The summed E-state index contributed by atoms with van der Waals surface area (Å²) in [6, 6.07) is 5.21. The van der Waals surface area contributed by atoms with Crippen molar-refractivity contribution in [3.05, 3.63) is 28.2 Å². The SMILES string of the molecule is CC1CCN(S(=O)(=O)c2cc(CCl)ccc2Br)C1. The summed E-state index contributed by atoms with van der Waals surface area (Å²) in [4.78, 5) is 0.315. The molecule has 1 unspecified atom stereocenters. The highest BCUT2D eigenvalue weighted by atomic mass is 79.9. The molecule has 3 nitrogen and oxygen atoms in total. The van der Waals surface area contributed by atoms with Crippen molar-refractivity contribution in [3.63, 3.8) is 0 Å². The largest absolute Gasteiger partial charge is 0.244 e. The standard InChI is InChI=1S/C12H15BrClNO2S/c1-9-4-5-15(8-9)18(16,17)12-6-10(7-14)2-3-11(12)13/h2-3,6,9H,4-5,7-8H2,1H3. The Bertz CT molecular complexity index is 547. The number of benzene rings is 1. The summed E-state index contributed by atoms with van der Waals surface area (Å²) in [7, 11) is -3.41. The first-order valence-corrected chi connectivity index (χ1v) is 8.56. The second kappa shape index (κ2) is 5.49. The van der Waals surface area contributed by atoms with E-state index in [9.17, 15) is 8.42 Å². The van der Waals surface area contributed by atoms with Crippen molar-refractivity contribution in [1.82, 2.24) is 4.31 Å². The molecule has 1 aliphatic heterocycles. The summed E-state index contributed by atoms with van der Waals surface area (Å²) in [6.07, 6.45) is 0.923. The molecule has 0 saturated carbocycles. The maximum Gasteiger partial charge on any atom is 0.244 e. The third kappa shape index (κ3) is 2.74. The molecule has 0 bridgehead atoms. The van der Waals surface area contributed by atoms with E-state index in [2.05, 4.69) is 22.9 Å². The molecule has 0 aliphatic carbocycles. The van der Waals surface area contributed by atoms with Crippen molar-refractivity contribution in [3.8, 4) is 0 Å². The van der Waals surface area contributed by atoms with Crippen LogP contribution in [0.1, 0.15) is 18.9 Å². The van der Waals surface area contributed by atoms with Crippen LogP contribution < -0.4 is 0 Å². The van der Waals surface area contributed by atoms with E-state index in [4.69, 9.17) is 11.6 Å². The summed E-state index contributed by atoms with van der Waals surface area (Å²) < 4.78 is 27.2. The summed E-state index contributed by atoms with van der Waals surface area (Å²) >= 11 is 9.07. The quantitative estimate of drug-likeness (QED) is 0.783. The monoisotopic (exact) mass is 351 g/mol. The Hall–Kier alpha value is -0.100. The number of sulfonamides is 1. The van der Waals surface area contributed by atoms with Gasteiger partial charge in [0.05, 0.1) is 4.90 Å². The van der Waals surface area contributed by atoms with Gasteiger partial charge >= 0.3 is 0 Å². The van der Waals surface area contributed by atoms with Crippen molar-refractivity contribution < 1.29 is 8.42 Å². The maximum atomic E-state index is 12.5. The molecule has 1 fully saturated rings. The van der Waals surface area contributed by atoms with Crippen LogP contribution in [0.25, 0.3) is 0 Å². The second-order valence-electron chi connectivity index (χ2n) is 4.66. The molecule has 0 N–H and O–H groups in total. The average molecular weight is 353 g/mol. The fourth-order valence-corrected chi connectivity index (χ4v) is 4.80. The smallest absolute Gasteiger partial charge is 0.207 e. The van der Waals surface area contributed by atoms with Crippen LogP contribution in [0.3, 0.4) is 0 Å². The molecule has 1 aromatic rings. The minimum atomic E-state index is -3.41. The Balaban J connectivity index is 2.40. The van der Waals surface area contributed by atoms with Crippen molar-refractivity contribution in [2.45, 2.75) is 24.1 Å². The van der Waals surface area contributed by atoms with E-state index < -0.39 is 10.0 Å². The lowest BCUT2D eigenvalue weighted by molar-refractivity contribution is 0.464. The van der Waals surface area contributed by atoms with Crippen molar-refractivity contribution in [2.75, 3.05) is 13.1 Å². The van der Waals surface area contributed by atoms with Crippen molar-refractivity contribution in [2.24, 2.45) is 5.92 Å². The van der Waals surface area contributed by atoms with Crippen molar-refractivity contribution in [1.29, 1.82) is 0 Å². The summed E-state index contributed by atoms with van der Waals surface area (Å²) in [5.74, 6) is 0.737. The van der Waals surface area contributed by atoms with E-state index in [0.717, 1.165) is 12.0 Å². The molecule has 1 aliphatic rings. The van der Waals surface area contributed by atoms with Gasteiger partial charge in [0.2, 0.25) is 10.0 Å². The maximum absolute atomic E-state index is 12.5. The van der Waals surface area contributed by atoms with Gasteiger partial charge in [-0.3, -0.25) is 0 Å². The topological polar surface area (TPSA) is 37.4 Å². The fourth-order valence-electron chi connectivity index (χ4n) is 2.08. The summed E-state index contributed by atoms with van der Waals surface area (Å²) in [6.45, 7) is 3.26. The fraction of sp³-hybridized carbons (Fsp3) is 0.500. The molecule has 1 heterocycles. The highest BCUT2D eigenvalue weighted by Crippen LogP contribution is 2.30. The third-order valence-electron chi connectivity index (χ3n) is 3.15. The molecule has 0 radical (unpaired) electrons. The Morgan fingerprint density at radius 3 is 2.78 bits per heavy atom. The Morgan fingerprint density at radius 2 is 2.22 bits per heavy atom. The van der Waals surface area contributed by atoms with E-state index in [1.54, 1.807) is 16.4 Å². The molecule has 0 amide bonds. The number of hydrogen-bond acceptors (Lipinski definition) is 2. The molecular weight excluding hydrogens is 338 g/mol. The van der Waals surface area contributed by atoms with Crippen LogP contribution in [0, 0.1) is 5.92 Å². The Kier molecular flexibility index (Phi) is 4.36. The Labute approximate surface area is 121 Å². The lowest BCUT2D eigenvalue weighted by Crippen LogP contribution is -2.29. The summed E-state index contributed by atoms with van der Waals surface area (Å²) in [5, 5.41) is 0. The first kappa shape index (κ1) is 14.3. The minimum Gasteiger partial charge on any atom is -0.207 e. The molecule has 1 aromatic carbocycles. The van der Waals surface area contributed by atoms with E-state index in [-0.39, 0.29) is 0 Å². The minimum absolute atomic E-state index is 0.312. The van der Waals surface area contributed by atoms with Crippen LogP contribution in [0.4, 0.5) is 0 Å². The highest BCUT2D eigenvalue weighted by molar-refractivity contribution is 9.10. The van der Waals surface area contributed by atoms with Gasteiger partial charge in [-0.15, -0.1) is 11.6 Å². The molecular formula is C12H15BrClNO2S. The van der Waals surface area contributed by atoms with Gasteiger partial charge in [0.15, 0.2) is 0 Å². The van der Waals surface area contributed by atoms with Crippen LogP contribution in [0.5, 0.6) is 0 Å². The van der Waals surface area contributed by atoms with Crippen molar-refractivity contribution >= 4 is 37.6 Å². The van der Waals surface area contributed by atoms with Gasteiger partial charge in [-0.2, -0.15) is 4.31 Å². The third-order valence-corrected chi connectivity index (χ3v) is 6.32. The average Bonchev–Trinajstić information content (AvgIpc) is 2.77. The second-order valence-corrected chi connectivity index (χ2v) is 7.68. The molecule has 0 spiro atoms. The normalized spacial score (nSPS) is 21.4. The van der Waals surface area contributed by atoms with Gasteiger partial charge < -0.3 is 0 Å². The number of alkyl halides is 1. The molecule has 100 valence electrons. The van der Waals surface area contributed by atoms with Gasteiger partial charge in [0.25, 0.3) is 0 Å². The zero-order chi connectivity index (χ0) is 13.3. The van der Waals surface area contributed by atoms with Gasteiger partial charge in [-0.1, -0.05) is 13.0 Å². The molecule has 1 saturated heterocycles. The van der Waals surface area contributed by atoms with E-state index >= 15 is 0 Å². The zero-order valence-corrected chi connectivity index (χ0v) is 13.2. The predicted molar refractivity (Wildman–Crippen MR) is 76.2 cm³/mol. The molecule has 2 rings (SSSR count). The highest BCUT2D eigenvalue weighted by Gasteiger charge is 2.31. The van der Waals surface area contributed by atoms with Gasteiger partial charge in [-0.25, -0.2) is 8.42 Å². The number of hydrogen-bond donors (Lipinski definition) is 0. The number of nitrogens with zero attached hydrogens (tertiary/aromatic N) is 1. The lowest BCUT2D eigenvalue weighted by atomic mass is 10.2. The molecule has 6 heteroatoms. The van der Waals surface area contributed by atoms with Crippen LogP contribution in [0.2, 0.25) is 0 Å². The van der Waals surface area contributed by atoms with Gasteiger partial charge in [0.1, 0.15) is 0 Å². The van der Waals surface area contributed by atoms with Crippen LogP contribution in [0.15, 0.2) is 27.6 Å². The first-order valence-electron chi connectivity index (χ1n) is 5.79.